The predicted octanol–water partition coefficient (Wildman–Crippen LogP) is 3.29. The summed E-state index contributed by atoms with van der Waals surface area (Å²) in [5.74, 6) is 0.792. The Balaban J connectivity index is 1.85. The Hall–Kier alpha value is -1.55. The number of nitrogens with zero attached hydrogens (tertiary/aromatic N) is 1. The minimum absolute atomic E-state index is 0.0370. The first kappa shape index (κ1) is 15.8. The van der Waals surface area contributed by atoms with Crippen molar-refractivity contribution >= 4 is 11.6 Å². The number of anilines is 1. The van der Waals surface area contributed by atoms with E-state index in [1.165, 1.54) is 38.5 Å². The molecular formula is C17H26N2O2. The molecule has 1 aliphatic rings. The molecule has 0 aliphatic heterocycles. The number of methoxy groups -OCH3 is 1. The average molecular weight is 290 g/mol. The fourth-order valence-corrected chi connectivity index (χ4v) is 2.96. The number of amides is 1. The zero-order valence-corrected chi connectivity index (χ0v) is 13.1. The first-order valence-corrected chi connectivity index (χ1v) is 7.83. The van der Waals surface area contributed by atoms with Gasteiger partial charge in [0.15, 0.2) is 0 Å². The third kappa shape index (κ3) is 5.05. The molecule has 0 spiro atoms. The van der Waals surface area contributed by atoms with Crippen molar-refractivity contribution in [3.8, 4) is 5.75 Å². The summed E-state index contributed by atoms with van der Waals surface area (Å²) in [5, 5.41) is 2.94. The summed E-state index contributed by atoms with van der Waals surface area (Å²) in [6.45, 7) is 0.446. The van der Waals surface area contributed by atoms with Gasteiger partial charge in [-0.15, -0.1) is 0 Å². The molecule has 0 atom stereocenters. The normalized spacial score (nSPS) is 16.5. The van der Waals surface area contributed by atoms with Gasteiger partial charge in [-0.2, -0.15) is 0 Å². The second-order valence-electron chi connectivity index (χ2n) is 5.84. The van der Waals surface area contributed by atoms with E-state index in [-0.39, 0.29) is 5.91 Å². The zero-order valence-electron chi connectivity index (χ0n) is 13.1. The van der Waals surface area contributed by atoms with Crippen LogP contribution in [0.4, 0.5) is 5.69 Å². The lowest BCUT2D eigenvalue weighted by molar-refractivity contribution is -0.117. The summed E-state index contributed by atoms with van der Waals surface area (Å²) in [6.07, 6.45) is 7.66. The maximum absolute atomic E-state index is 12.2. The van der Waals surface area contributed by atoms with Gasteiger partial charge in [-0.1, -0.05) is 31.7 Å². The standard InChI is InChI=1S/C17H26N2O2/c1-19(15-9-5-3-4-6-10-15)13-17(20)18-14-8-7-11-16(12-14)21-2/h7-8,11-12,15H,3-6,9-10,13H2,1-2H3,(H,18,20). The predicted molar refractivity (Wildman–Crippen MR) is 85.7 cm³/mol. The van der Waals surface area contributed by atoms with Crippen molar-refractivity contribution in [3.05, 3.63) is 24.3 Å². The van der Waals surface area contributed by atoms with Crippen LogP contribution in [0.25, 0.3) is 0 Å². The summed E-state index contributed by atoms with van der Waals surface area (Å²) < 4.78 is 5.16. The van der Waals surface area contributed by atoms with E-state index in [1.807, 2.05) is 24.3 Å². The highest BCUT2D eigenvalue weighted by atomic mass is 16.5. The molecule has 116 valence electrons. The fraction of sp³-hybridized carbons (Fsp3) is 0.588. The molecule has 1 N–H and O–H groups in total. The number of likely N-dealkylation sites (N-methyl/N-ethyl adjacent to an activating group) is 1. The van der Waals surface area contributed by atoms with Gasteiger partial charge in [-0.3, -0.25) is 9.69 Å². The Bertz CT molecular complexity index is 454. The van der Waals surface area contributed by atoms with Crippen molar-refractivity contribution in [1.82, 2.24) is 4.90 Å². The summed E-state index contributed by atoms with van der Waals surface area (Å²) in [5.41, 5.74) is 0.786. The van der Waals surface area contributed by atoms with Crippen LogP contribution in [0.1, 0.15) is 38.5 Å². The van der Waals surface area contributed by atoms with Crippen molar-refractivity contribution in [2.45, 2.75) is 44.6 Å². The molecule has 1 fully saturated rings. The highest BCUT2D eigenvalue weighted by Crippen LogP contribution is 2.21. The lowest BCUT2D eigenvalue weighted by atomic mass is 10.1. The molecule has 1 aromatic rings. The van der Waals surface area contributed by atoms with Crippen LogP contribution in [-0.2, 0) is 4.79 Å². The topological polar surface area (TPSA) is 41.6 Å². The van der Waals surface area contributed by atoms with E-state index in [4.69, 9.17) is 4.74 Å². The fourth-order valence-electron chi connectivity index (χ4n) is 2.96. The van der Waals surface area contributed by atoms with Gasteiger partial charge in [-0.25, -0.2) is 0 Å². The second-order valence-corrected chi connectivity index (χ2v) is 5.84. The molecule has 2 rings (SSSR count). The number of hydrogen-bond acceptors (Lipinski definition) is 3. The van der Waals surface area contributed by atoms with Crippen LogP contribution in [0.15, 0.2) is 24.3 Å². The third-order valence-electron chi connectivity index (χ3n) is 4.19. The Kier molecular flexibility index (Phi) is 6.05. The second kappa shape index (κ2) is 8.03. The Labute approximate surface area is 127 Å². The molecule has 4 heteroatoms. The molecular weight excluding hydrogens is 264 g/mol. The van der Waals surface area contributed by atoms with Crippen LogP contribution >= 0.6 is 0 Å². The minimum atomic E-state index is 0.0370. The van der Waals surface area contributed by atoms with E-state index >= 15 is 0 Å². The lowest BCUT2D eigenvalue weighted by Gasteiger charge is -2.26. The molecule has 1 aromatic carbocycles. The van der Waals surface area contributed by atoms with Gasteiger partial charge < -0.3 is 10.1 Å². The molecule has 1 amide bonds. The number of ether oxygens (including phenoxy) is 1. The van der Waals surface area contributed by atoms with Gasteiger partial charge in [-0.05, 0) is 32.0 Å². The first-order valence-electron chi connectivity index (χ1n) is 7.83. The molecule has 0 unspecified atom stereocenters. The Morgan fingerprint density at radius 2 is 2.00 bits per heavy atom. The van der Waals surface area contributed by atoms with Crippen LogP contribution in [0.3, 0.4) is 0 Å². The number of benzene rings is 1. The Morgan fingerprint density at radius 3 is 2.67 bits per heavy atom. The summed E-state index contributed by atoms with van der Waals surface area (Å²) in [4.78, 5) is 14.4. The van der Waals surface area contributed by atoms with Crippen LogP contribution < -0.4 is 10.1 Å². The first-order chi connectivity index (χ1) is 10.2. The maximum atomic E-state index is 12.2. The van der Waals surface area contributed by atoms with Crippen molar-refractivity contribution in [2.24, 2.45) is 0 Å². The van der Waals surface area contributed by atoms with Gasteiger partial charge in [0.05, 0.1) is 13.7 Å². The smallest absolute Gasteiger partial charge is 0.238 e. The SMILES string of the molecule is COc1cccc(NC(=O)CN(C)C2CCCCCC2)c1. The molecule has 0 saturated heterocycles. The van der Waals surface area contributed by atoms with Crippen LogP contribution in [-0.4, -0.2) is 37.6 Å². The van der Waals surface area contributed by atoms with Crippen molar-refractivity contribution in [3.63, 3.8) is 0 Å². The summed E-state index contributed by atoms with van der Waals surface area (Å²) in [7, 11) is 3.68. The minimum Gasteiger partial charge on any atom is -0.497 e. The van der Waals surface area contributed by atoms with Crippen molar-refractivity contribution < 1.29 is 9.53 Å². The molecule has 4 nitrogen and oxygen atoms in total. The van der Waals surface area contributed by atoms with E-state index < -0.39 is 0 Å². The highest BCUT2D eigenvalue weighted by molar-refractivity contribution is 5.92. The number of rotatable bonds is 5. The molecule has 0 radical (unpaired) electrons. The Morgan fingerprint density at radius 1 is 1.29 bits per heavy atom. The van der Waals surface area contributed by atoms with Gasteiger partial charge in [0.1, 0.15) is 5.75 Å². The third-order valence-corrected chi connectivity index (χ3v) is 4.19. The maximum Gasteiger partial charge on any atom is 0.238 e. The van der Waals surface area contributed by atoms with Crippen molar-refractivity contribution in [1.29, 1.82) is 0 Å². The average Bonchev–Trinajstić information content (AvgIpc) is 2.76. The van der Waals surface area contributed by atoms with E-state index in [0.717, 1.165) is 11.4 Å². The van der Waals surface area contributed by atoms with E-state index in [2.05, 4.69) is 17.3 Å². The number of nitrogens with one attached hydrogen (secondary N) is 1. The largest absolute Gasteiger partial charge is 0.497 e. The van der Waals surface area contributed by atoms with Gasteiger partial charge in [0.25, 0.3) is 0 Å². The molecule has 1 saturated carbocycles. The highest BCUT2D eigenvalue weighted by Gasteiger charge is 2.18. The van der Waals surface area contributed by atoms with Crippen LogP contribution in [0.2, 0.25) is 0 Å². The zero-order chi connectivity index (χ0) is 15.1. The summed E-state index contributed by atoms with van der Waals surface area (Å²) >= 11 is 0. The van der Waals surface area contributed by atoms with E-state index in [0.29, 0.717) is 12.6 Å². The van der Waals surface area contributed by atoms with Crippen LogP contribution in [0.5, 0.6) is 5.75 Å². The van der Waals surface area contributed by atoms with Gasteiger partial charge in [0.2, 0.25) is 5.91 Å². The van der Waals surface area contributed by atoms with Crippen molar-refractivity contribution in [2.75, 3.05) is 26.0 Å². The van der Waals surface area contributed by atoms with Gasteiger partial charge >= 0.3 is 0 Å². The molecule has 0 heterocycles. The molecule has 21 heavy (non-hydrogen) atoms. The molecule has 1 aliphatic carbocycles. The monoisotopic (exact) mass is 290 g/mol. The molecule has 0 bridgehead atoms. The van der Waals surface area contributed by atoms with Gasteiger partial charge in [0, 0.05) is 17.8 Å². The van der Waals surface area contributed by atoms with E-state index in [9.17, 15) is 4.79 Å². The quantitative estimate of drug-likeness (QED) is 0.846. The molecule has 0 aromatic heterocycles. The number of hydrogen-bond donors (Lipinski definition) is 1. The number of carbonyl (C=O) groups excluding carboxylic acids is 1. The van der Waals surface area contributed by atoms with Crippen LogP contribution in [0, 0.1) is 0 Å². The lowest BCUT2D eigenvalue weighted by Crippen LogP contribution is -2.37. The van der Waals surface area contributed by atoms with E-state index in [1.54, 1.807) is 7.11 Å². The summed E-state index contributed by atoms with van der Waals surface area (Å²) in [6, 6.07) is 8.01. The number of carbonyl (C=O) groups is 1.